The second-order valence-corrected chi connectivity index (χ2v) is 10.4. The van der Waals surface area contributed by atoms with Crippen molar-refractivity contribution < 1.29 is 19.1 Å². The smallest absolute Gasteiger partial charge is 0.331 e. The Balaban J connectivity index is 1.26. The summed E-state index contributed by atoms with van der Waals surface area (Å²) in [6.45, 7) is 4.08. The maximum absolute atomic E-state index is 13.1. The molecule has 10 heteroatoms. The lowest BCUT2D eigenvalue weighted by molar-refractivity contribution is -0.128. The molecule has 2 aliphatic rings. The molecule has 0 aliphatic carbocycles. The summed E-state index contributed by atoms with van der Waals surface area (Å²) < 4.78 is 7.88. The van der Waals surface area contributed by atoms with Crippen molar-refractivity contribution >= 4 is 28.8 Å². The Morgan fingerprint density at radius 3 is 2.54 bits per heavy atom. The van der Waals surface area contributed by atoms with E-state index in [2.05, 4.69) is 10.3 Å². The molecule has 0 saturated carbocycles. The molecule has 210 valence electrons. The summed E-state index contributed by atoms with van der Waals surface area (Å²) in [7, 11) is 0. The number of nitrogens with one attached hydrogen (secondary N) is 2. The van der Waals surface area contributed by atoms with Crippen LogP contribution in [0.2, 0.25) is 0 Å². The van der Waals surface area contributed by atoms with Gasteiger partial charge in [-0.25, -0.2) is 4.79 Å². The van der Waals surface area contributed by atoms with Crippen molar-refractivity contribution in [2.75, 3.05) is 19.6 Å². The van der Waals surface area contributed by atoms with E-state index >= 15 is 0 Å². The Bertz CT molecular complexity index is 1690. The zero-order valence-electron chi connectivity index (χ0n) is 22.8. The van der Waals surface area contributed by atoms with Crippen LogP contribution in [0.4, 0.5) is 0 Å². The summed E-state index contributed by atoms with van der Waals surface area (Å²) in [6.07, 6.45) is 1.63. The van der Waals surface area contributed by atoms with Crippen molar-refractivity contribution in [3.63, 3.8) is 0 Å². The number of likely N-dealkylation sites (tertiary alicyclic amines) is 2. The van der Waals surface area contributed by atoms with Crippen LogP contribution in [0.15, 0.2) is 71.5 Å². The van der Waals surface area contributed by atoms with E-state index in [-0.39, 0.29) is 35.9 Å². The molecule has 2 N–H and O–H groups in total. The van der Waals surface area contributed by atoms with E-state index in [9.17, 15) is 19.2 Å². The summed E-state index contributed by atoms with van der Waals surface area (Å²) in [5.41, 5.74) is 3.15. The number of likely N-dealkylation sites (N-methyl/N-ethyl adjacent to an activating group) is 1. The molecule has 2 saturated heterocycles. The Kier molecular flexibility index (Phi) is 7.05. The third kappa shape index (κ3) is 5.32. The van der Waals surface area contributed by atoms with E-state index in [1.54, 1.807) is 50.8 Å². The van der Waals surface area contributed by atoms with Gasteiger partial charge in [0.15, 0.2) is 0 Å². The van der Waals surface area contributed by atoms with Gasteiger partial charge in [0.1, 0.15) is 11.5 Å². The number of imidazole rings is 1. The molecule has 2 aliphatic heterocycles. The predicted octanol–water partition coefficient (Wildman–Crippen LogP) is 3.58. The third-order valence-corrected chi connectivity index (χ3v) is 7.71. The molecule has 0 radical (unpaired) electrons. The van der Waals surface area contributed by atoms with Gasteiger partial charge in [0.25, 0.3) is 5.91 Å². The Labute approximate surface area is 236 Å². The van der Waals surface area contributed by atoms with Crippen molar-refractivity contribution in [1.82, 2.24) is 24.7 Å². The monoisotopic (exact) mass is 553 g/mol. The first kappa shape index (κ1) is 26.4. The number of nitrogens with zero attached hydrogens (tertiary/aromatic N) is 3. The second-order valence-electron chi connectivity index (χ2n) is 10.4. The van der Waals surface area contributed by atoms with Gasteiger partial charge in [-0.15, -0.1) is 0 Å². The minimum absolute atomic E-state index is 0.0331. The second kappa shape index (κ2) is 11.0. The molecule has 2 fully saturated rings. The highest BCUT2D eigenvalue weighted by Gasteiger charge is 2.30. The first-order valence-electron chi connectivity index (χ1n) is 13.9. The number of benzene rings is 3. The van der Waals surface area contributed by atoms with Crippen LogP contribution in [0.5, 0.6) is 11.5 Å². The van der Waals surface area contributed by atoms with Crippen LogP contribution in [-0.2, 0) is 16.1 Å². The maximum Gasteiger partial charge on any atom is 0.331 e. The quantitative estimate of drug-likeness (QED) is 0.346. The highest BCUT2D eigenvalue weighted by molar-refractivity contribution is 5.95. The number of H-pyrrole nitrogens is 1. The zero-order chi connectivity index (χ0) is 28.5. The first-order chi connectivity index (χ1) is 19.9. The molecule has 6 rings (SSSR count). The average Bonchev–Trinajstić information content (AvgIpc) is 3.65. The fourth-order valence-corrected chi connectivity index (χ4v) is 5.54. The van der Waals surface area contributed by atoms with E-state index in [0.29, 0.717) is 55.3 Å². The van der Waals surface area contributed by atoms with Gasteiger partial charge in [-0.05, 0) is 61.9 Å². The number of rotatable bonds is 8. The van der Waals surface area contributed by atoms with Crippen LogP contribution >= 0.6 is 0 Å². The highest BCUT2D eigenvalue weighted by atomic mass is 16.5. The van der Waals surface area contributed by atoms with Crippen molar-refractivity contribution in [3.05, 3.63) is 88.3 Å². The van der Waals surface area contributed by atoms with Gasteiger partial charge in [0, 0.05) is 50.1 Å². The molecule has 10 nitrogen and oxygen atoms in total. The molecular formula is C31H31N5O5. The number of aromatic amines is 1. The standard InChI is InChI=1S/C31H31N5O5/c1-2-34-19-22(17-29(34)38)32-30(39)20-9-10-21(18-35-15-5-8-28(35)37)27(16-20)41-24-13-11-23(12-14-24)36-26-7-4-3-6-25(26)33-31(36)40/h3-4,6-7,9-14,16,22H,2,5,8,15,17-19H2,1H3,(H,32,39)(H,33,40). The zero-order valence-corrected chi connectivity index (χ0v) is 22.8. The van der Waals surface area contributed by atoms with Crippen molar-refractivity contribution in [2.24, 2.45) is 0 Å². The molecule has 41 heavy (non-hydrogen) atoms. The van der Waals surface area contributed by atoms with E-state index in [4.69, 9.17) is 4.74 Å². The molecule has 1 unspecified atom stereocenters. The lowest BCUT2D eigenvalue weighted by Gasteiger charge is -2.20. The lowest BCUT2D eigenvalue weighted by Crippen LogP contribution is -2.37. The van der Waals surface area contributed by atoms with Gasteiger partial charge >= 0.3 is 5.69 Å². The third-order valence-electron chi connectivity index (χ3n) is 7.71. The minimum atomic E-state index is -0.288. The number of carbonyl (C=O) groups excluding carboxylic acids is 3. The number of fused-ring (bicyclic) bond motifs is 1. The van der Waals surface area contributed by atoms with Gasteiger partial charge in [0.2, 0.25) is 11.8 Å². The van der Waals surface area contributed by atoms with Gasteiger partial charge in [-0.1, -0.05) is 18.2 Å². The summed E-state index contributed by atoms with van der Waals surface area (Å²) >= 11 is 0. The largest absolute Gasteiger partial charge is 0.457 e. The molecule has 3 aromatic carbocycles. The molecular weight excluding hydrogens is 522 g/mol. The summed E-state index contributed by atoms with van der Waals surface area (Å²) in [4.78, 5) is 56.6. The van der Waals surface area contributed by atoms with Crippen molar-refractivity contribution in [1.29, 1.82) is 0 Å². The average molecular weight is 554 g/mol. The summed E-state index contributed by atoms with van der Waals surface area (Å²) in [6, 6.07) is 19.6. The molecule has 3 amide bonds. The van der Waals surface area contributed by atoms with Crippen LogP contribution in [0, 0.1) is 0 Å². The fraction of sp³-hybridized carbons (Fsp3) is 0.290. The molecule has 1 atom stereocenters. The SMILES string of the molecule is CCN1CC(NC(=O)c2ccc(CN3CCCC3=O)c(Oc3ccc(-n4c(=O)[nH]c5ccccc54)cc3)c2)CC1=O. The number of hydrogen-bond acceptors (Lipinski definition) is 5. The van der Waals surface area contributed by atoms with Gasteiger partial charge in [-0.2, -0.15) is 0 Å². The number of aromatic nitrogens is 2. The van der Waals surface area contributed by atoms with E-state index in [1.807, 2.05) is 37.3 Å². The van der Waals surface area contributed by atoms with Crippen LogP contribution < -0.4 is 15.7 Å². The number of ether oxygens (including phenoxy) is 1. The fourth-order valence-electron chi connectivity index (χ4n) is 5.54. The molecule has 0 bridgehead atoms. The summed E-state index contributed by atoms with van der Waals surface area (Å²) in [5, 5.41) is 2.97. The van der Waals surface area contributed by atoms with Gasteiger partial charge in [0.05, 0.1) is 22.8 Å². The van der Waals surface area contributed by atoms with Crippen LogP contribution in [0.1, 0.15) is 42.1 Å². The van der Waals surface area contributed by atoms with Crippen molar-refractivity contribution in [3.8, 4) is 17.2 Å². The van der Waals surface area contributed by atoms with E-state index < -0.39 is 0 Å². The number of para-hydroxylation sites is 2. The topological polar surface area (TPSA) is 117 Å². The number of amides is 3. The number of carbonyl (C=O) groups is 3. The Hall–Kier alpha value is -4.86. The predicted molar refractivity (Wildman–Crippen MR) is 153 cm³/mol. The molecule has 1 aromatic heterocycles. The van der Waals surface area contributed by atoms with Crippen LogP contribution in [-0.4, -0.2) is 62.7 Å². The normalized spacial score (nSPS) is 17.0. The van der Waals surface area contributed by atoms with Crippen LogP contribution in [0.25, 0.3) is 16.7 Å². The molecule has 3 heterocycles. The Morgan fingerprint density at radius 1 is 1.00 bits per heavy atom. The lowest BCUT2D eigenvalue weighted by atomic mass is 10.1. The Morgan fingerprint density at radius 2 is 1.80 bits per heavy atom. The van der Waals surface area contributed by atoms with Crippen LogP contribution in [0.3, 0.4) is 0 Å². The maximum atomic E-state index is 13.1. The van der Waals surface area contributed by atoms with Gasteiger partial charge in [-0.3, -0.25) is 19.0 Å². The number of hydrogen-bond donors (Lipinski definition) is 2. The molecule has 0 spiro atoms. The highest BCUT2D eigenvalue weighted by Crippen LogP contribution is 2.30. The molecule has 4 aromatic rings. The summed E-state index contributed by atoms with van der Waals surface area (Å²) in [5.74, 6) is 0.826. The van der Waals surface area contributed by atoms with E-state index in [1.165, 1.54) is 0 Å². The van der Waals surface area contributed by atoms with E-state index in [0.717, 1.165) is 23.0 Å². The first-order valence-corrected chi connectivity index (χ1v) is 13.9. The van der Waals surface area contributed by atoms with Gasteiger partial charge < -0.3 is 24.8 Å². The van der Waals surface area contributed by atoms with Crippen molar-refractivity contribution in [2.45, 2.75) is 38.8 Å². The minimum Gasteiger partial charge on any atom is -0.457 e.